The molecular weight excluding hydrogens is 466 g/mol. The van der Waals surface area contributed by atoms with E-state index in [1.807, 2.05) is 46.0 Å². The molecule has 0 atom stereocenters. The zero-order valence-electron chi connectivity index (χ0n) is 19.3. The standard InChI is InChI=1S/C26H25N3O5S/c1-2-33-26(32)22-23(27-10-12-28(13-11-27)24(30)21-8-5-14-34-21)19-6-3-4-7-20(19)29(25(22)31)16-18-9-15-35-17-18/h3-9,14-15,17H,2,10-13,16H2,1H3. The fourth-order valence-electron chi connectivity index (χ4n) is 4.52. The van der Waals surface area contributed by atoms with Gasteiger partial charge in [0.2, 0.25) is 0 Å². The number of anilines is 1. The molecule has 4 heterocycles. The molecule has 8 nitrogen and oxygen atoms in total. The molecule has 5 rings (SSSR count). The number of pyridine rings is 1. The number of rotatable bonds is 6. The molecule has 1 amide bonds. The number of para-hydroxylation sites is 1. The highest BCUT2D eigenvalue weighted by Gasteiger charge is 2.30. The maximum atomic E-state index is 13.8. The lowest BCUT2D eigenvalue weighted by Gasteiger charge is -2.37. The number of esters is 1. The molecule has 0 radical (unpaired) electrons. The summed E-state index contributed by atoms with van der Waals surface area (Å²) in [5.74, 6) is -0.505. The summed E-state index contributed by atoms with van der Waals surface area (Å²) in [4.78, 5) is 43.3. The molecule has 1 fully saturated rings. The largest absolute Gasteiger partial charge is 0.462 e. The number of amides is 1. The van der Waals surface area contributed by atoms with Crippen molar-refractivity contribution in [3.05, 3.63) is 86.7 Å². The summed E-state index contributed by atoms with van der Waals surface area (Å²) in [6.45, 7) is 4.07. The van der Waals surface area contributed by atoms with Crippen molar-refractivity contribution in [2.75, 3.05) is 37.7 Å². The molecule has 180 valence electrons. The smallest absolute Gasteiger partial charge is 0.345 e. The average molecular weight is 492 g/mol. The lowest BCUT2D eigenvalue weighted by atomic mass is 10.1. The number of hydrogen-bond donors (Lipinski definition) is 0. The quantitative estimate of drug-likeness (QED) is 0.381. The normalized spacial score (nSPS) is 13.9. The van der Waals surface area contributed by atoms with Gasteiger partial charge < -0.3 is 23.5 Å². The Bertz CT molecular complexity index is 1400. The molecular formula is C26H25N3O5S. The van der Waals surface area contributed by atoms with Crippen molar-refractivity contribution < 1.29 is 18.7 Å². The van der Waals surface area contributed by atoms with Crippen LogP contribution in [0.4, 0.5) is 5.69 Å². The molecule has 0 unspecified atom stereocenters. The van der Waals surface area contributed by atoms with Crippen LogP contribution in [0.2, 0.25) is 0 Å². The van der Waals surface area contributed by atoms with E-state index in [2.05, 4.69) is 0 Å². The molecule has 3 aromatic heterocycles. The van der Waals surface area contributed by atoms with Crippen LogP contribution in [0.3, 0.4) is 0 Å². The summed E-state index contributed by atoms with van der Waals surface area (Å²) in [6, 6.07) is 12.9. The maximum Gasteiger partial charge on any atom is 0.345 e. The Labute approximate surface area is 205 Å². The van der Waals surface area contributed by atoms with Crippen LogP contribution < -0.4 is 10.5 Å². The molecule has 0 N–H and O–H groups in total. The summed E-state index contributed by atoms with van der Waals surface area (Å²) in [5, 5.41) is 4.76. The number of ether oxygens (including phenoxy) is 1. The van der Waals surface area contributed by atoms with Gasteiger partial charge in [-0.05, 0) is 47.5 Å². The SMILES string of the molecule is CCOC(=O)c1c(N2CCN(C(=O)c3ccco3)CC2)c2ccccc2n(Cc2ccsc2)c1=O. The van der Waals surface area contributed by atoms with Crippen molar-refractivity contribution in [3.8, 4) is 0 Å². The second-order valence-electron chi connectivity index (χ2n) is 8.24. The van der Waals surface area contributed by atoms with Gasteiger partial charge in [0.25, 0.3) is 11.5 Å². The summed E-state index contributed by atoms with van der Waals surface area (Å²) >= 11 is 1.56. The first kappa shape index (κ1) is 22.9. The van der Waals surface area contributed by atoms with E-state index in [1.54, 1.807) is 39.9 Å². The van der Waals surface area contributed by atoms with Crippen molar-refractivity contribution >= 4 is 39.8 Å². The van der Waals surface area contributed by atoms with Crippen LogP contribution in [0.15, 0.2) is 68.7 Å². The molecule has 35 heavy (non-hydrogen) atoms. The number of furan rings is 1. The number of benzene rings is 1. The van der Waals surface area contributed by atoms with Gasteiger partial charge in [0, 0.05) is 31.6 Å². The predicted octanol–water partition coefficient (Wildman–Crippen LogP) is 3.84. The zero-order valence-corrected chi connectivity index (χ0v) is 20.1. The minimum atomic E-state index is -0.633. The van der Waals surface area contributed by atoms with E-state index < -0.39 is 5.97 Å². The highest BCUT2D eigenvalue weighted by Crippen LogP contribution is 2.31. The molecule has 4 aromatic rings. The Kier molecular flexibility index (Phi) is 6.41. The third-order valence-corrected chi connectivity index (χ3v) is 6.89. The van der Waals surface area contributed by atoms with E-state index in [-0.39, 0.29) is 23.6 Å². The number of carbonyl (C=O) groups excluding carboxylic acids is 2. The minimum Gasteiger partial charge on any atom is -0.462 e. The molecule has 0 saturated carbocycles. The van der Waals surface area contributed by atoms with Crippen molar-refractivity contribution in [2.45, 2.75) is 13.5 Å². The van der Waals surface area contributed by atoms with Gasteiger partial charge in [0.1, 0.15) is 5.56 Å². The Hall–Kier alpha value is -3.85. The first-order valence-electron chi connectivity index (χ1n) is 11.5. The van der Waals surface area contributed by atoms with Crippen LogP contribution in [0.1, 0.15) is 33.4 Å². The third kappa shape index (κ3) is 4.35. The molecule has 1 aromatic carbocycles. The van der Waals surface area contributed by atoms with Crippen LogP contribution in [0.5, 0.6) is 0 Å². The van der Waals surface area contributed by atoms with Crippen LogP contribution in [-0.2, 0) is 11.3 Å². The molecule has 9 heteroatoms. The van der Waals surface area contributed by atoms with Gasteiger partial charge in [-0.2, -0.15) is 11.3 Å². The first-order valence-corrected chi connectivity index (χ1v) is 12.4. The molecule has 1 aliphatic rings. The summed E-state index contributed by atoms with van der Waals surface area (Å²) in [5.41, 5.74) is 1.97. The van der Waals surface area contributed by atoms with Gasteiger partial charge in [0.05, 0.1) is 30.6 Å². The minimum absolute atomic E-state index is 0.0339. The number of fused-ring (bicyclic) bond motifs is 1. The number of nitrogens with zero attached hydrogens (tertiary/aromatic N) is 3. The number of aromatic nitrogens is 1. The lowest BCUT2D eigenvalue weighted by molar-refractivity contribution is 0.0523. The van der Waals surface area contributed by atoms with Crippen LogP contribution >= 0.6 is 11.3 Å². The number of thiophene rings is 1. The van der Waals surface area contributed by atoms with E-state index in [0.29, 0.717) is 44.2 Å². The number of hydrogen-bond acceptors (Lipinski definition) is 7. The number of piperazine rings is 1. The summed E-state index contributed by atoms with van der Waals surface area (Å²) in [6.07, 6.45) is 1.48. The van der Waals surface area contributed by atoms with Gasteiger partial charge in [-0.3, -0.25) is 9.59 Å². The van der Waals surface area contributed by atoms with Gasteiger partial charge in [0.15, 0.2) is 5.76 Å². The van der Waals surface area contributed by atoms with Crippen molar-refractivity contribution in [3.63, 3.8) is 0 Å². The van der Waals surface area contributed by atoms with Crippen molar-refractivity contribution in [1.82, 2.24) is 9.47 Å². The first-order chi connectivity index (χ1) is 17.1. The van der Waals surface area contributed by atoms with E-state index in [9.17, 15) is 14.4 Å². The van der Waals surface area contributed by atoms with Gasteiger partial charge in [-0.1, -0.05) is 18.2 Å². The van der Waals surface area contributed by atoms with E-state index in [0.717, 1.165) is 16.5 Å². The summed E-state index contributed by atoms with van der Waals surface area (Å²) in [7, 11) is 0. The van der Waals surface area contributed by atoms with E-state index in [4.69, 9.17) is 9.15 Å². The molecule has 1 aliphatic heterocycles. The highest BCUT2D eigenvalue weighted by molar-refractivity contribution is 7.07. The fraction of sp³-hybridized carbons (Fsp3) is 0.269. The van der Waals surface area contributed by atoms with E-state index >= 15 is 0 Å². The zero-order chi connectivity index (χ0) is 24.4. The predicted molar refractivity (Wildman–Crippen MR) is 134 cm³/mol. The Morgan fingerprint density at radius 1 is 1.06 bits per heavy atom. The van der Waals surface area contributed by atoms with Gasteiger partial charge in [-0.15, -0.1) is 0 Å². The molecule has 0 bridgehead atoms. The lowest BCUT2D eigenvalue weighted by Crippen LogP contribution is -2.49. The van der Waals surface area contributed by atoms with Crippen LogP contribution in [-0.4, -0.2) is 54.1 Å². The van der Waals surface area contributed by atoms with Gasteiger partial charge >= 0.3 is 5.97 Å². The van der Waals surface area contributed by atoms with Crippen LogP contribution in [0.25, 0.3) is 10.9 Å². The molecule has 0 aliphatic carbocycles. The monoisotopic (exact) mass is 491 g/mol. The van der Waals surface area contributed by atoms with Crippen molar-refractivity contribution in [2.24, 2.45) is 0 Å². The van der Waals surface area contributed by atoms with Gasteiger partial charge in [-0.25, -0.2) is 4.79 Å². The average Bonchev–Trinajstić information content (AvgIpc) is 3.60. The van der Waals surface area contributed by atoms with E-state index in [1.165, 1.54) is 6.26 Å². The highest BCUT2D eigenvalue weighted by atomic mass is 32.1. The topological polar surface area (TPSA) is 85.0 Å². The molecule has 0 spiro atoms. The van der Waals surface area contributed by atoms with Crippen LogP contribution in [0, 0.1) is 0 Å². The molecule has 1 saturated heterocycles. The van der Waals surface area contributed by atoms with Crippen molar-refractivity contribution in [1.29, 1.82) is 0 Å². The Morgan fingerprint density at radius 2 is 1.86 bits per heavy atom. The third-order valence-electron chi connectivity index (χ3n) is 6.16. The number of carbonyl (C=O) groups is 2. The second-order valence-corrected chi connectivity index (χ2v) is 9.02. The summed E-state index contributed by atoms with van der Waals surface area (Å²) < 4.78 is 12.2. The fourth-order valence-corrected chi connectivity index (χ4v) is 5.18. The Morgan fingerprint density at radius 3 is 2.54 bits per heavy atom. The maximum absolute atomic E-state index is 13.8. The Balaban J connectivity index is 1.57. The second kappa shape index (κ2) is 9.79.